The summed E-state index contributed by atoms with van der Waals surface area (Å²) in [5.74, 6) is 0.227. The lowest BCUT2D eigenvalue weighted by Crippen LogP contribution is -2.32. The van der Waals surface area contributed by atoms with E-state index < -0.39 is 12.3 Å². The fraction of sp³-hybridized carbons (Fsp3) is 0.615. The molecule has 0 saturated heterocycles. The normalized spacial score (nSPS) is 13.7. The molecule has 1 atom stereocenters. The highest BCUT2D eigenvalue weighted by Crippen LogP contribution is 2.27. The first kappa shape index (κ1) is 15.8. The van der Waals surface area contributed by atoms with Crippen molar-refractivity contribution in [1.29, 1.82) is 0 Å². The molecule has 0 fully saturated rings. The number of pyridine rings is 1. The smallest absolute Gasteiger partial charge is 0.425 e. The fourth-order valence-corrected chi connectivity index (χ4v) is 1.38. The molecule has 0 aliphatic rings. The molecule has 0 radical (unpaired) electrons. The van der Waals surface area contributed by atoms with Gasteiger partial charge in [0.1, 0.15) is 5.75 Å². The Morgan fingerprint density at radius 1 is 1.32 bits per heavy atom. The maximum absolute atomic E-state index is 12.5. The molecule has 108 valence electrons. The molecule has 19 heavy (non-hydrogen) atoms. The van der Waals surface area contributed by atoms with Crippen LogP contribution in [0.4, 0.5) is 13.2 Å². The average molecular weight is 276 g/mol. The summed E-state index contributed by atoms with van der Waals surface area (Å²) in [4.78, 5) is 4.09. The lowest BCUT2D eigenvalue weighted by Gasteiger charge is -2.20. The molecule has 0 aromatic carbocycles. The average Bonchev–Trinajstić information content (AvgIpc) is 2.26. The fourth-order valence-electron chi connectivity index (χ4n) is 1.38. The maximum Gasteiger partial charge on any atom is 0.425 e. The van der Waals surface area contributed by atoms with Crippen molar-refractivity contribution in [2.75, 3.05) is 0 Å². The quantitative estimate of drug-likeness (QED) is 0.896. The van der Waals surface area contributed by atoms with Crippen molar-refractivity contribution in [3.05, 3.63) is 23.5 Å². The third-order valence-corrected chi connectivity index (χ3v) is 2.55. The Morgan fingerprint density at radius 3 is 2.47 bits per heavy atom. The van der Waals surface area contributed by atoms with Crippen molar-refractivity contribution >= 4 is 0 Å². The van der Waals surface area contributed by atoms with Crippen LogP contribution in [0.2, 0.25) is 0 Å². The Bertz CT molecular complexity index is 419. The third-order valence-electron chi connectivity index (χ3n) is 2.55. The number of nitrogens with zero attached hydrogens (tertiary/aromatic N) is 1. The van der Waals surface area contributed by atoms with Gasteiger partial charge in [-0.2, -0.15) is 13.2 Å². The lowest BCUT2D eigenvalue weighted by molar-refractivity contribution is -0.189. The molecule has 1 aromatic rings. The predicted octanol–water partition coefficient (Wildman–Crippen LogP) is 3.22. The van der Waals surface area contributed by atoms with Crippen molar-refractivity contribution in [3.8, 4) is 5.75 Å². The van der Waals surface area contributed by atoms with Crippen LogP contribution in [0.5, 0.6) is 5.75 Å². The van der Waals surface area contributed by atoms with Gasteiger partial charge in [0, 0.05) is 36.1 Å². The van der Waals surface area contributed by atoms with Gasteiger partial charge >= 0.3 is 6.18 Å². The van der Waals surface area contributed by atoms with Crippen LogP contribution < -0.4 is 10.1 Å². The number of nitrogens with one attached hydrogen (secondary N) is 1. The van der Waals surface area contributed by atoms with Crippen molar-refractivity contribution in [2.24, 2.45) is 0 Å². The minimum Gasteiger partial charge on any atom is -0.481 e. The van der Waals surface area contributed by atoms with Crippen molar-refractivity contribution in [2.45, 2.75) is 52.6 Å². The van der Waals surface area contributed by atoms with Crippen LogP contribution in [0, 0.1) is 6.92 Å². The summed E-state index contributed by atoms with van der Waals surface area (Å²) in [6.45, 7) is 7.05. The number of aromatic nitrogens is 1. The number of hydrogen-bond acceptors (Lipinski definition) is 3. The van der Waals surface area contributed by atoms with Gasteiger partial charge in [-0.05, 0) is 13.8 Å². The Hall–Kier alpha value is -1.30. The Labute approximate surface area is 111 Å². The molecule has 1 heterocycles. The number of rotatable bonds is 5. The van der Waals surface area contributed by atoms with E-state index >= 15 is 0 Å². The zero-order valence-electron chi connectivity index (χ0n) is 11.5. The Morgan fingerprint density at radius 2 is 1.95 bits per heavy atom. The first-order valence-corrected chi connectivity index (χ1v) is 6.12. The highest BCUT2D eigenvalue weighted by Gasteiger charge is 2.38. The van der Waals surface area contributed by atoms with Gasteiger partial charge in [0.05, 0.1) is 0 Å². The molecule has 1 rings (SSSR count). The van der Waals surface area contributed by atoms with Crippen molar-refractivity contribution in [1.82, 2.24) is 10.3 Å². The van der Waals surface area contributed by atoms with Gasteiger partial charge in [0.15, 0.2) is 6.10 Å². The number of halogens is 3. The zero-order valence-corrected chi connectivity index (χ0v) is 11.5. The standard InChI is InChI=1S/C13H19F3N2O/c1-8(2)17-6-11-7-18-9(3)5-12(11)19-10(4)13(14,15)16/h5,7-8,10,17H,6H2,1-4H3. The van der Waals surface area contributed by atoms with E-state index in [4.69, 9.17) is 4.74 Å². The maximum atomic E-state index is 12.5. The van der Waals surface area contributed by atoms with Gasteiger partial charge in [-0.15, -0.1) is 0 Å². The minimum absolute atomic E-state index is 0.227. The number of aryl methyl sites for hydroxylation is 1. The van der Waals surface area contributed by atoms with Gasteiger partial charge < -0.3 is 10.1 Å². The monoisotopic (exact) mass is 276 g/mol. The molecule has 3 nitrogen and oxygen atoms in total. The molecule has 0 saturated carbocycles. The highest BCUT2D eigenvalue weighted by molar-refractivity contribution is 5.33. The summed E-state index contributed by atoms with van der Waals surface area (Å²) in [6, 6.07) is 1.76. The van der Waals surface area contributed by atoms with E-state index in [1.165, 1.54) is 6.07 Å². The summed E-state index contributed by atoms with van der Waals surface area (Å²) in [7, 11) is 0. The number of hydrogen-bond donors (Lipinski definition) is 1. The predicted molar refractivity (Wildman–Crippen MR) is 67.1 cm³/mol. The van der Waals surface area contributed by atoms with Gasteiger partial charge in [0.25, 0.3) is 0 Å². The van der Waals surface area contributed by atoms with Gasteiger partial charge in [-0.25, -0.2) is 0 Å². The van der Waals surface area contributed by atoms with Crippen LogP contribution in [0.25, 0.3) is 0 Å². The molecule has 0 aliphatic carbocycles. The highest BCUT2D eigenvalue weighted by atomic mass is 19.4. The van der Waals surface area contributed by atoms with E-state index in [2.05, 4.69) is 10.3 Å². The van der Waals surface area contributed by atoms with Gasteiger partial charge in [0.2, 0.25) is 0 Å². The minimum atomic E-state index is -4.38. The Kier molecular flexibility index (Phi) is 5.17. The van der Waals surface area contributed by atoms with Crippen molar-refractivity contribution < 1.29 is 17.9 Å². The van der Waals surface area contributed by atoms with Crippen LogP contribution in [0.15, 0.2) is 12.3 Å². The molecule has 1 N–H and O–H groups in total. The molecule has 0 bridgehead atoms. The second kappa shape index (κ2) is 6.23. The molecular weight excluding hydrogens is 257 g/mol. The van der Waals surface area contributed by atoms with E-state index in [0.717, 1.165) is 6.92 Å². The molecule has 0 spiro atoms. The molecule has 1 unspecified atom stereocenters. The molecule has 6 heteroatoms. The SMILES string of the molecule is Cc1cc(OC(C)C(F)(F)F)c(CNC(C)C)cn1. The molecule has 0 aliphatic heterocycles. The van der Waals surface area contributed by atoms with Crippen LogP contribution >= 0.6 is 0 Å². The van der Waals surface area contributed by atoms with Gasteiger partial charge in [-0.1, -0.05) is 13.8 Å². The third kappa shape index (κ3) is 5.06. The second-order valence-corrected chi connectivity index (χ2v) is 4.77. The first-order chi connectivity index (χ1) is 8.70. The van der Waals surface area contributed by atoms with Crippen LogP contribution in [0.1, 0.15) is 32.0 Å². The number of alkyl halides is 3. The van der Waals surface area contributed by atoms with Crippen molar-refractivity contribution in [3.63, 3.8) is 0 Å². The van der Waals surface area contributed by atoms with Crippen LogP contribution in [-0.2, 0) is 6.54 Å². The van der Waals surface area contributed by atoms with Crippen LogP contribution in [0.3, 0.4) is 0 Å². The van der Waals surface area contributed by atoms with Gasteiger partial charge in [-0.3, -0.25) is 4.98 Å². The molecular formula is C13H19F3N2O. The summed E-state index contributed by atoms with van der Waals surface area (Å²) < 4.78 is 42.6. The molecule has 1 aromatic heterocycles. The Balaban J connectivity index is 2.88. The molecule has 0 amide bonds. The largest absolute Gasteiger partial charge is 0.481 e. The van der Waals surface area contributed by atoms with E-state index in [1.54, 1.807) is 13.1 Å². The summed E-state index contributed by atoms with van der Waals surface area (Å²) >= 11 is 0. The summed E-state index contributed by atoms with van der Waals surface area (Å²) in [5.41, 5.74) is 1.24. The lowest BCUT2D eigenvalue weighted by atomic mass is 10.2. The topological polar surface area (TPSA) is 34.1 Å². The van der Waals surface area contributed by atoms with E-state index in [1.807, 2.05) is 13.8 Å². The summed E-state index contributed by atoms with van der Waals surface area (Å²) in [5, 5.41) is 3.13. The number of ether oxygens (including phenoxy) is 1. The first-order valence-electron chi connectivity index (χ1n) is 6.12. The van der Waals surface area contributed by atoms with E-state index in [0.29, 0.717) is 17.8 Å². The second-order valence-electron chi connectivity index (χ2n) is 4.77. The zero-order chi connectivity index (χ0) is 14.6. The summed E-state index contributed by atoms with van der Waals surface area (Å²) in [6.07, 6.45) is -4.67. The van der Waals surface area contributed by atoms with E-state index in [-0.39, 0.29) is 11.8 Å². The van der Waals surface area contributed by atoms with E-state index in [9.17, 15) is 13.2 Å². The van der Waals surface area contributed by atoms with Crippen LogP contribution in [-0.4, -0.2) is 23.3 Å².